The summed E-state index contributed by atoms with van der Waals surface area (Å²) in [5.74, 6) is 0.572. The van der Waals surface area contributed by atoms with E-state index >= 15 is 0 Å². The number of aliphatic hydroxyl groups is 1. The summed E-state index contributed by atoms with van der Waals surface area (Å²) in [7, 11) is 0. The first-order valence-electron chi connectivity index (χ1n) is 13.3. The lowest BCUT2D eigenvalue weighted by atomic mass is 9.44. The Morgan fingerprint density at radius 1 is 1.18 bits per heavy atom. The van der Waals surface area contributed by atoms with E-state index in [2.05, 4.69) is 53.7 Å². The average molecular weight is 469 g/mol. The lowest BCUT2D eigenvalue weighted by Gasteiger charge is -2.60. The van der Waals surface area contributed by atoms with Crippen LogP contribution in [0.2, 0.25) is 0 Å². The van der Waals surface area contributed by atoms with Gasteiger partial charge in [0.05, 0.1) is 6.10 Å². The van der Waals surface area contributed by atoms with Crippen molar-refractivity contribution in [2.24, 2.45) is 39.4 Å². The molecule has 0 heterocycles. The summed E-state index contributed by atoms with van der Waals surface area (Å²) in [5.41, 5.74) is 2.39. The van der Waals surface area contributed by atoms with E-state index in [9.17, 15) is 14.7 Å². The van der Waals surface area contributed by atoms with Crippen LogP contribution in [0.3, 0.4) is 0 Å². The second kappa shape index (κ2) is 8.18. The first-order valence-corrected chi connectivity index (χ1v) is 13.3. The fourth-order valence-electron chi connectivity index (χ4n) is 8.64. The highest BCUT2D eigenvalue weighted by Crippen LogP contribution is 2.71. The van der Waals surface area contributed by atoms with Crippen LogP contribution in [0.1, 0.15) is 93.4 Å². The molecular weight excluding hydrogens is 424 g/mol. The van der Waals surface area contributed by atoms with Gasteiger partial charge in [-0.25, -0.2) is 4.79 Å². The highest BCUT2D eigenvalue weighted by molar-refractivity contribution is 5.86. The Morgan fingerprint density at radius 2 is 1.85 bits per heavy atom. The van der Waals surface area contributed by atoms with Crippen molar-refractivity contribution < 1.29 is 19.8 Å². The molecule has 7 atom stereocenters. The third-order valence-corrected chi connectivity index (χ3v) is 11.2. The smallest absolute Gasteiger partial charge is 0.330 e. The van der Waals surface area contributed by atoms with E-state index in [1.54, 1.807) is 6.92 Å². The molecule has 4 nitrogen and oxygen atoms in total. The number of allylic oxidation sites excluding steroid dienone is 4. The van der Waals surface area contributed by atoms with Gasteiger partial charge in [0.1, 0.15) is 5.78 Å². The van der Waals surface area contributed by atoms with Gasteiger partial charge in [-0.2, -0.15) is 0 Å². The molecule has 0 unspecified atom stereocenters. The quantitative estimate of drug-likeness (QED) is 0.452. The van der Waals surface area contributed by atoms with Crippen molar-refractivity contribution in [3.63, 3.8) is 0 Å². The van der Waals surface area contributed by atoms with Crippen LogP contribution < -0.4 is 0 Å². The number of carboxylic acid groups (broad SMARTS) is 1. The van der Waals surface area contributed by atoms with Gasteiger partial charge in [-0.05, 0) is 79.8 Å². The summed E-state index contributed by atoms with van der Waals surface area (Å²) in [6, 6.07) is 0. The van der Waals surface area contributed by atoms with Gasteiger partial charge in [-0.1, -0.05) is 59.8 Å². The van der Waals surface area contributed by atoms with Crippen LogP contribution >= 0.6 is 0 Å². The van der Waals surface area contributed by atoms with Crippen molar-refractivity contribution in [3.8, 4) is 0 Å². The summed E-state index contributed by atoms with van der Waals surface area (Å²) in [6.07, 6.45) is 12.2. The molecule has 2 N–H and O–H groups in total. The van der Waals surface area contributed by atoms with Crippen LogP contribution in [0, 0.1) is 39.4 Å². The third-order valence-electron chi connectivity index (χ3n) is 11.2. The van der Waals surface area contributed by atoms with E-state index in [-0.39, 0.29) is 27.6 Å². The molecule has 4 rings (SSSR count). The molecule has 2 fully saturated rings. The number of hydrogen-bond donors (Lipinski definition) is 2. The van der Waals surface area contributed by atoms with E-state index in [1.807, 2.05) is 6.08 Å². The monoisotopic (exact) mass is 468 g/mol. The Labute approximate surface area is 205 Å². The topological polar surface area (TPSA) is 74.6 Å². The summed E-state index contributed by atoms with van der Waals surface area (Å²) in [6.45, 7) is 15.2. The molecule has 4 aliphatic carbocycles. The fourth-order valence-corrected chi connectivity index (χ4v) is 8.64. The first-order chi connectivity index (χ1) is 15.7. The minimum absolute atomic E-state index is 0.0737. The first kappa shape index (κ1) is 25.4. The van der Waals surface area contributed by atoms with Crippen molar-refractivity contribution in [1.82, 2.24) is 0 Å². The zero-order valence-electron chi connectivity index (χ0n) is 22.2. The summed E-state index contributed by atoms with van der Waals surface area (Å²) >= 11 is 0. The number of carbonyl (C=O) groups excluding carboxylic acids is 1. The number of fused-ring (bicyclic) bond motifs is 5. The van der Waals surface area contributed by atoms with E-state index < -0.39 is 12.1 Å². The summed E-state index contributed by atoms with van der Waals surface area (Å²) in [4.78, 5) is 23.9. The molecule has 0 spiro atoms. The average Bonchev–Trinajstić information content (AvgIpc) is 3.05. The van der Waals surface area contributed by atoms with E-state index in [0.29, 0.717) is 29.6 Å². The molecular formula is C30H44O4. The molecule has 0 aromatic heterocycles. The standard InChI is InChI=1S/C30H44O4/c1-18(9-8-10-19(2)26(33)34)20-13-16-29(6)21-11-12-23-27(3,4)24(31)14-15-28(23,5)22(21)17-25(32)30(20,29)7/h10-11,17-18,20,23,25,32H,8-9,12-16H2,1-7H3,(H,33,34)/b19-10+/t18-,20-,23+,25-,28-,29+,30+/m1/s1. The molecule has 0 amide bonds. The van der Waals surface area contributed by atoms with Gasteiger partial charge >= 0.3 is 5.97 Å². The van der Waals surface area contributed by atoms with Gasteiger partial charge in [-0.15, -0.1) is 0 Å². The predicted molar refractivity (Wildman–Crippen MR) is 135 cm³/mol. The Bertz CT molecular complexity index is 984. The van der Waals surface area contributed by atoms with Crippen LogP contribution in [0.4, 0.5) is 0 Å². The number of carboxylic acids is 1. The van der Waals surface area contributed by atoms with Gasteiger partial charge in [0, 0.05) is 28.2 Å². The Kier molecular flexibility index (Phi) is 6.12. The predicted octanol–water partition coefficient (Wildman–Crippen LogP) is 6.50. The van der Waals surface area contributed by atoms with Gasteiger partial charge in [0.2, 0.25) is 0 Å². The van der Waals surface area contributed by atoms with E-state index in [4.69, 9.17) is 5.11 Å². The number of rotatable bonds is 5. The van der Waals surface area contributed by atoms with Gasteiger partial charge in [-0.3, -0.25) is 4.79 Å². The number of aliphatic hydroxyl groups excluding tert-OH is 1. The molecule has 34 heavy (non-hydrogen) atoms. The molecule has 0 saturated heterocycles. The largest absolute Gasteiger partial charge is 0.478 e. The zero-order chi connectivity index (χ0) is 25.3. The molecule has 0 radical (unpaired) electrons. The fraction of sp³-hybridized carbons (Fsp3) is 0.733. The second-order valence-electron chi connectivity index (χ2n) is 13.0. The van der Waals surface area contributed by atoms with Gasteiger partial charge in [0.25, 0.3) is 0 Å². The number of Topliss-reactive ketones (excluding diaryl/α,β-unsaturated/α-hetero) is 1. The number of hydrogen-bond acceptors (Lipinski definition) is 3. The molecule has 4 aliphatic rings. The van der Waals surface area contributed by atoms with Crippen molar-refractivity contribution in [3.05, 3.63) is 34.9 Å². The lowest BCUT2D eigenvalue weighted by molar-refractivity contribution is -0.138. The summed E-state index contributed by atoms with van der Waals surface area (Å²) < 4.78 is 0. The van der Waals surface area contributed by atoms with Crippen molar-refractivity contribution in [2.45, 2.75) is 99.5 Å². The minimum Gasteiger partial charge on any atom is -0.478 e. The SMILES string of the molecule is C/C(=C\CC[C@@H](C)[C@H]1CC[C@@]2(C)C3=CC[C@H]4C(C)(C)C(=O)CC[C@]4(C)C3=C[C@@H](O)[C@]12C)C(=O)O. The third kappa shape index (κ3) is 3.34. The van der Waals surface area contributed by atoms with Crippen LogP contribution in [0.15, 0.2) is 34.9 Å². The highest BCUT2D eigenvalue weighted by atomic mass is 16.4. The maximum absolute atomic E-state index is 12.8. The van der Waals surface area contributed by atoms with Crippen molar-refractivity contribution >= 4 is 11.8 Å². The molecule has 2 saturated carbocycles. The van der Waals surface area contributed by atoms with Gasteiger partial charge in [0.15, 0.2) is 0 Å². The molecule has 0 aliphatic heterocycles. The van der Waals surface area contributed by atoms with Crippen LogP contribution in [0.5, 0.6) is 0 Å². The summed E-state index contributed by atoms with van der Waals surface area (Å²) in [5, 5.41) is 20.9. The second-order valence-corrected chi connectivity index (χ2v) is 13.0. The Hall–Kier alpha value is -1.68. The van der Waals surface area contributed by atoms with Crippen LogP contribution in [0.25, 0.3) is 0 Å². The molecule has 0 aromatic rings. The lowest BCUT2D eigenvalue weighted by Crippen LogP contribution is -2.56. The highest BCUT2D eigenvalue weighted by Gasteiger charge is 2.65. The molecule has 188 valence electrons. The minimum atomic E-state index is -0.850. The van der Waals surface area contributed by atoms with Crippen LogP contribution in [-0.4, -0.2) is 28.1 Å². The Balaban J connectivity index is 1.67. The number of ketones is 1. The van der Waals surface area contributed by atoms with Crippen molar-refractivity contribution in [1.29, 1.82) is 0 Å². The normalized spacial score (nSPS) is 42.2. The van der Waals surface area contributed by atoms with E-state index in [1.165, 1.54) is 11.1 Å². The Morgan fingerprint density at radius 3 is 2.50 bits per heavy atom. The van der Waals surface area contributed by atoms with Crippen LogP contribution in [-0.2, 0) is 9.59 Å². The molecule has 4 heteroatoms. The maximum atomic E-state index is 12.8. The molecule has 0 bridgehead atoms. The number of carbonyl (C=O) groups is 2. The zero-order valence-corrected chi connectivity index (χ0v) is 22.2. The molecule has 0 aromatic carbocycles. The maximum Gasteiger partial charge on any atom is 0.330 e. The van der Waals surface area contributed by atoms with Crippen molar-refractivity contribution in [2.75, 3.05) is 0 Å². The van der Waals surface area contributed by atoms with Gasteiger partial charge < -0.3 is 10.2 Å². The van der Waals surface area contributed by atoms with E-state index in [0.717, 1.165) is 38.5 Å². The number of aliphatic carboxylic acids is 1.